The molecule has 0 aliphatic carbocycles. The number of imidazole rings is 1. The molecule has 102 valence electrons. The predicted molar refractivity (Wildman–Crippen MR) is 67.3 cm³/mol. The number of aromatic nitrogens is 2. The highest BCUT2D eigenvalue weighted by molar-refractivity contribution is 7.88. The summed E-state index contributed by atoms with van der Waals surface area (Å²) in [5.74, 6) is 0.569. The van der Waals surface area contributed by atoms with Crippen molar-refractivity contribution in [3.05, 3.63) is 17.7 Å². The van der Waals surface area contributed by atoms with Crippen molar-refractivity contribution in [1.82, 2.24) is 19.6 Å². The highest BCUT2D eigenvalue weighted by Gasteiger charge is 2.11. The van der Waals surface area contributed by atoms with Gasteiger partial charge in [-0.2, -0.15) is 0 Å². The number of hydrogen-bond donors (Lipinski definition) is 2. The zero-order valence-corrected chi connectivity index (χ0v) is 11.5. The Labute approximate surface area is 107 Å². The largest absolute Gasteiger partial charge is 0.345 e. The molecule has 18 heavy (non-hydrogen) atoms. The number of amides is 1. The van der Waals surface area contributed by atoms with Crippen LogP contribution in [-0.4, -0.2) is 49.0 Å². The first-order valence-electron chi connectivity index (χ1n) is 5.47. The van der Waals surface area contributed by atoms with Crippen molar-refractivity contribution in [3.63, 3.8) is 0 Å². The molecule has 0 aliphatic heterocycles. The fourth-order valence-corrected chi connectivity index (χ4v) is 1.87. The van der Waals surface area contributed by atoms with Gasteiger partial charge in [0, 0.05) is 31.9 Å². The van der Waals surface area contributed by atoms with Gasteiger partial charge in [-0.25, -0.2) is 18.1 Å². The first-order chi connectivity index (χ1) is 8.28. The molecular weight excluding hydrogens is 256 g/mol. The molecule has 0 aliphatic rings. The lowest BCUT2D eigenvalue weighted by atomic mass is 10.3. The van der Waals surface area contributed by atoms with Crippen LogP contribution in [0.3, 0.4) is 0 Å². The van der Waals surface area contributed by atoms with Crippen LogP contribution in [0.2, 0.25) is 0 Å². The molecule has 0 fully saturated rings. The Bertz CT molecular complexity index is 509. The molecule has 0 saturated carbocycles. The molecule has 0 atom stereocenters. The Kier molecular flexibility index (Phi) is 4.85. The number of aromatic amines is 1. The van der Waals surface area contributed by atoms with Crippen LogP contribution in [0, 0.1) is 6.92 Å². The van der Waals surface area contributed by atoms with Crippen molar-refractivity contribution in [2.45, 2.75) is 19.9 Å². The Morgan fingerprint density at radius 2 is 2.22 bits per heavy atom. The minimum atomic E-state index is -3.24. The number of nitrogens with one attached hydrogen (secondary N) is 2. The maximum Gasteiger partial charge on any atom is 0.224 e. The number of nitrogens with zero attached hydrogens (tertiary/aromatic N) is 2. The van der Waals surface area contributed by atoms with Gasteiger partial charge in [0.1, 0.15) is 5.82 Å². The third-order valence-electron chi connectivity index (χ3n) is 2.27. The second-order valence-corrected chi connectivity index (χ2v) is 6.01. The van der Waals surface area contributed by atoms with Crippen LogP contribution in [0.4, 0.5) is 0 Å². The molecule has 0 radical (unpaired) electrons. The first kappa shape index (κ1) is 14.7. The second-order valence-electron chi connectivity index (χ2n) is 4.18. The molecular formula is C10H18N4O3S. The Hall–Kier alpha value is -1.41. The number of sulfonamides is 1. The number of aryl methyl sites for hydroxylation is 1. The number of carbonyl (C=O) groups is 1. The zero-order valence-electron chi connectivity index (χ0n) is 10.7. The molecule has 0 aromatic carbocycles. The third kappa shape index (κ3) is 5.28. The van der Waals surface area contributed by atoms with Gasteiger partial charge in [0.2, 0.25) is 15.9 Å². The average molecular weight is 274 g/mol. The van der Waals surface area contributed by atoms with Gasteiger partial charge in [0.25, 0.3) is 0 Å². The highest BCUT2D eigenvalue weighted by atomic mass is 32.2. The molecule has 1 aromatic heterocycles. The van der Waals surface area contributed by atoms with Gasteiger partial charge < -0.3 is 9.88 Å². The number of H-pyrrole nitrogens is 1. The minimum Gasteiger partial charge on any atom is -0.345 e. The van der Waals surface area contributed by atoms with E-state index in [1.165, 1.54) is 4.90 Å². The summed E-state index contributed by atoms with van der Waals surface area (Å²) in [4.78, 5) is 20.3. The highest BCUT2D eigenvalue weighted by Crippen LogP contribution is 2.00. The Morgan fingerprint density at radius 1 is 1.56 bits per heavy atom. The summed E-state index contributed by atoms with van der Waals surface area (Å²) in [6.45, 7) is 2.37. The summed E-state index contributed by atoms with van der Waals surface area (Å²) in [6, 6.07) is 0. The fourth-order valence-electron chi connectivity index (χ4n) is 1.39. The summed E-state index contributed by atoms with van der Waals surface area (Å²) in [5, 5.41) is 0. The van der Waals surface area contributed by atoms with Gasteiger partial charge in [-0.1, -0.05) is 0 Å². The van der Waals surface area contributed by atoms with Gasteiger partial charge in [-0.15, -0.1) is 0 Å². The molecule has 1 amide bonds. The van der Waals surface area contributed by atoms with E-state index in [9.17, 15) is 13.2 Å². The van der Waals surface area contributed by atoms with Crippen molar-refractivity contribution in [1.29, 1.82) is 0 Å². The summed E-state index contributed by atoms with van der Waals surface area (Å²) < 4.78 is 23.9. The second kappa shape index (κ2) is 5.96. The maximum absolute atomic E-state index is 11.7. The zero-order chi connectivity index (χ0) is 13.8. The monoisotopic (exact) mass is 274 g/mol. The van der Waals surface area contributed by atoms with E-state index in [4.69, 9.17) is 0 Å². The van der Waals surface area contributed by atoms with Gasteiger partial charge in [0.15, 0.2) is 0 Å². The Balaban J connectivity index is 2.37. The molecule has 2 N–H and O–H groups in total. The molecule has 0 unspecified atom stereocenters. The lowest BCUT2D eigenvalue weighted by Crippen LogP contribution is -2.31. The summed E-state index contributed by atoms with van der Waals surface area (Å²) in [5.41, 5.74) is 0.935. The molecule has 7 nitrogen and oxygen atoms in total. The van der Waals surface area contributed by atoms with E-state index in [1.807, 2.05) is 6.92 Å². The van der Waals surface area contributed by atoms with E-state index in [0.717, 1.165) is 11.9 Å². The topological polar surface area (TPSA) is 95.2 Å². The van der Waals surface area contributed by atoms with E-state index in [1.54, 1.807) is 13.2 Å². The average Bonchev–Trinajstić information content (AvgIpc) is 2.61. The van der Waals surface area contributed by atoms with Gasteiger partial charge in [-0.3, -0.25) is 4.79 Å². The standard InChI is InChI=1S/C10H18N4O3S/c1-8-6-11-9(13-8)7-14(2)10(15)4-5-12-18(3,16)17/h6,12H,4-5,7H2,1-3H3,(H,11,13). The SMILES string of the molecule is Cc1cnc(CN(C)C(=O)CCNS(C)(=O)=O)[nH]1. The predicted octanol–water partition coefficient (Wildman–Crippen LogP) is -0.384. The quantitative estimate of drug-likeness (QED) is 0.739. The Morgan fingerprint density at radius 3 is 2.72 bits per heavy atom. The smallest absolute Gasteiger partial charge is 0.224 e. The van der Waals surface area contributed by atoms with Crippen LogP contribution < -0.4 is 4.72 Å². The van der Waals surface area contributed by atoms with E-state index < -0.39 is 10.0 Å². The number of rotatable bonds is 6. The van der Waals surface area contributed by atoms with E-state index in [2.05, 4.69) is 14.7 Å². The fraction of sp³-hybridized carbons (Fsp3) is 0.600. The summed E-state index contributed by atoms with van der Waals surface area (Å²) in [7, 11) is -1.59. The summed E-state index contributed by atoms with van der Waals surface area (Å²) in [6.07, 6.45) is 2.88. The van der Waals surface area contributed by atoms with E-state index >= 15 is 0 Å². The van der Waals surface area contributed by atoms with Crippen LogP contribution in [0.1, 0.15) is 17.9 Å². The van der Waals surface area contributed by atoms with Gasteiger partial charge in [0.05, 0.1) is 12.8 Å². The first-order valence-corrected chi connectivity index (χ1v) is 7.36. The molecule has 1 aromatic rings. The lowest BCUT2D eigenvalue weighted by molar-refractivity contribution is -0.130. The third-order valence-corrected chi connectivity index (χ3v) is 3.00. The van der Waals surface area contributed by atoms with Crippen LogP contribution in [0.5, 0.6) is 0 Å². The van der Waals surface area contributed by atoms with Gasteiger partial charge in [-0.05, 0) is 6.92 Å². The molecule has 0 bridgehead atoms. The maximum atomic E-state index is 11.7. The molecule has 8 heteroatoms. The van der Waals surface area contributed by atoms with Crippen molar-refractivity contribution in [3.8, 4) is 0 Å². The molecule has 1 heterocycles. The lowest BCUT2D eigenvalue weighted by Gasteiger charge is -2.15. The molecule has 0 spiro atoms. The van der Waals surface area contributed by atoms with E-state index in [-0.39, 0.29) is 18.9 Å². The molecule has 1 rings (SSSR count). The normalized spacial score (nSPS) is 11.5. The van der Waals surface area contributed by atoms with Crippen molar-refractivity contribution < 1.29 is 13.2 Å². The van der Waals surface area contributed by atoms with Gasteiger partial charge >= 0.3 is 0 Å². The van der Waals surface area contributed by atoms with Crippen molar-refractivity contribution >= 4 is 15.9 Å². The van der Waals surface area contributed by atoms with Crippen LogP contribution >= 0.6 is 0 Å². The summed E-state index contributed by atoms with van der Waals surface area (Å²) >= 11 is 0. The number of hydrogen-bond acceptors (Lipinski definition) is 4. The van der Waals surface area contributed by atoms with Crippen molar-refractivity contribution in [2.24, 2.45) is 0 Å². The molecule has 0 saturated heterocycles. The number of carbonyl (C=O) groups excluding carboxylic acids is 1. The van der Waals surface area contributed by atoms with Crippen molar-refractivity contribution in [2.75, 3.05) is 19.8 Å². The van der Waals surface area contributed by atoms with Crippen LogP contribution in [-0.2, 0) is 21.4 Å². The van der Waals surface area contributed by atoms with E-state index in [0.29, 0.717) is 12.4 Å². The van der Waals surface area contributed by atoms with Crippen LogP contribution in [0.25, 0.3) is 0 Å². The minimum absolute atomic E-state index is 0.110. The van der Waals surface area contributed by atoms with Crippen LogP contribution in [0.15, 0.2) is 6.20 Å².